The third kappa shape index (κ3) is 7.37. The van der Waals surface area contributed by atoms with E-state index in [-0.39, 0.29) is 13.2 Å². The number of carbonyl (C=O) groups is 2. The van der Waals surface area contributed by atoms with E-state index < -0.39 is 11.9 Å². The second kappa shape index (κ2) is 11.2. The molecule has 146 valence electrons. The third-order valence-electron chi connectivity index (χ3n) is 3.63. The molecule has 0 N–H and O–H groups in total. The van der Waals surface area contributed by atoms with Crippen LogP contribution in [-0.2, 0) is 19.1 Å². The van der Waals surface area contributed by atoms with E-state index in [0.717, 1.165) is 22.6 Å². The summed E-state index contributed by atoms with van der Waals surface area (Å²) in [5.74, 6) is 0.450. The maximum absolute atomic E-state index is 11.6. The molecule has 0 unspecified atom stereocenters. The minimum Gasteiger partial charge on any atom is -0.497 e. The van der Waals surface area contributed by atoms with Crippen LogP contribution in [0.2, 0.25) is 0 Å². The van der Waals surface area contributed by atoms with Crippen LogP contribution in [0.1, 0.15) is 11.1 Å². The molecule has 0 aliphatic heterocycles. The molecule has 2 aromatic rings. The van der Waals surface area contributed by atoms with Crippen molar-refractivity contribution in [3.05, 3.63) is 71.8 Å². The number of hydrogen-bond acceptors (Lipinski definition) is 6. The summed E-state index contributed by atoms with van der Waals surface area (Å²) >= 11 is 0. The molecule has 0 spiro atoms. The highest BCUT2D eigenvalue weighted by Gasteiger charge is 2.01. The van der Waals surface area contributed by atoms with Crippen molar-refractivity contribution in [1.82, 2.24) is 0 Å². The van der Waals surface area contributed by atoms with Crippen LogP contribution in [0.15, 0.2) is 60.7 Å². The fourth-order valence-corrected chi connectivity index (χ4v) is 2.14. The maximum Gasteiger partial charge on any atom is 0.330 e. The quantitative estimate of drug-likeness (QED) is 0.375. The number of benzene rings is 2. The van der Waals surface area contributed by atoms with Gasteiger partial charge in [-0.15, -0.1) is 0 Å². The zero-order chi connectivity index (χ0) is 20.2. The maximum atomic E-state index is 11.6. The van der Waals surface area contributed by atoms with E-state index in [1.165, 1.54) is 12.2 Å². The molecule has 2 rings (SSSR count). The van der Waals surface area contributed by atoms with Gasteiger partial charge in [0.25, 0.3) is 0 Å². The first kappa shape index (κ1) is 20.8. The monoisotopic (exact) mass is 382 g/mol. The zero-order valence-corrected chi connectivity index (χ0v) is 15.8. The summed E-state index contributed by atoms with van der Waals surface area (Å²) in [7, 11) is 3.17. The van der Waals surface area contributed by atoms with Gasteiger partial charge in [0, 0.05) is 12.2 Å². The van der Waals surface area contributed by atoms with Gasteiger partial charge in [-0.1, -0.05) is 24.3 Å². The Hall–Kier alpha value is -3.54. The molecule has 0 aliphatic carbocycles. The van der Waals surface area contributed by atoms with Gasteiger partial charge in [0.15, 0.2) is 0 Å². The average Bonchev–Trinajstić information content (AvgIpc) is 2.74. The molecule has 6 nitrogen and oxygen atoms in total. The first-order chi connectivity index (χ1) is 13.6. The van der Waals surface area contributed by atoms with Crippen molar-refractivity contribution in [2.75, 3.05) is 27.4 Å². The van der Waals surface area contributed by atoms with E-state index in [1.54, 1.807) is 50.6 Å². The zero-order valence-electron chi connectivity index (χ0n) is 15.8. The van der Waals surface area contributed by atoms with E-state index in [9.17, 15) is 9.59 Å². The van der Waals surface area contributed by atoms with Crippen LogP contribution >= 0.6 is 0 Å². The summed E-state index contributed by atoms with van der Waals surface area (Å²) < 4.78 is 20.1. The second-order valence-corrected chi connectivity index (χ2v) is 5.55. The second-order valence-electron chi connectivity index (χ2n) is 5.55. The lowest BCUT2D eigenvalue weighted by Crippen LogP contribution is -2.11. The highest BCUT2D eigenvalue weighted by atomic mass is 16.6. The number of esters is 2. The molecule has 0 aromatic heterocycles. The lowest BCUT2D eigenvalue weighted by atomic mass is 10.2. The molecule has 28 heavy (non-hydrogen) atoms. The summed E-state index contributed by atoms with van der Waals surface area (Å²) in [6, 6.07) is 14.5. The molecule has 0 heterocycles. The van der Waals surface area contributed by atoms with Crippen LogP contribution in [-0.4, -0.2) is 39.4 Å². The van der Waals surface area contributed by atoms with E-state index in [1.807, 2.05) is 24.3 Å². The van der Waals surface area contributed by atoms with Gasteiger partial charge >= 0.3 is 11.9 Å². The van der Waals surface area contributed by atoms with Crippen molar-refractivity contribution in [2.45, 2.75) is 0 Å². The number of carbonyl (C=O) groups excluding carboxylic acids is 2. The summed E-state index contributed by atoms with van der Waals surface area (Å²) in [5, 5.41) is 0. The van der Waals surface area contributed by atoms with Gasteiger partial charge in [0.1, 0.15) is 24.7 Å². The van der Waals surface area contributed by atoms with E-state index >= 15 is 0 Å². The Labute approximate surface area is 164 Å². The highest BCUT2D eigenvalue weighted by molar-refractivity contribution is 5.87. The van der Waals surface area contributed by atoms with Gasteiger partial charge in [-0.05, 0) is 47.5 Å². The molecule has 2 aromatic carbocycles. The summed E-state index contributed by atoms with van der Waals surface area (Å²) in [5.41, 5.74) is 1.68. The van der Waals surface area contributed by atoms with E-state index in [4.69, 9.17) is 18.9 Å². The number of methoxy groups -OCH3 is 2. The first-order valence-corrected chi connectivity index (χ1v) is 8.58. The van der Waals surface area contributed by atoms with Gasteiger partial charge < -0.3 is 18.9 Å². The molecule has 0 fully saturated rings. The topological polar surface area (TPSA) is 71.1 Å². The predicted molar refractivity (Wildman–Crippen MR) is 106 cm³/mol. The van der Waals surface area contributed by atoms with Gasteiger partial charge in [-0.2, -0.15) is 0 Å². The lowest BCUT2D eigenvalue weighted by Gasteiger charge is -2.03. The van der Waals surface area contributed by atoms with Crippen LogP contribution in [0.4, 0.5) is 0 Å². The van der Waals surface area contributed by atoms with Crippen molar-refractivity contribution in [3.8, 4) is 11.5 Å². The highest BCUT2D eigenvalue weighted by Crippen LogP contribution is 2.13. The molecule has 0 saturated carbocycles. The minimum absolute atomic E-state index is 0.0199. The van der Waals surface area contributed by atoms with Gasteiger partial charge in [0.05, 0.1) is 14.2 Å². The van der Waals surface area contributed by atoms with Crippen LogP contribution in [0.5, 0.6) is 11.5 Å². The predicted octanol–water partition coefficient (Wildman–Crippen LogP) is 3.52. The minimum atomic E-state index is -0.513. The Bertz CT molecular complexity index is 748. The van der Waals surface area contributed by atoms with Gasteiger partial charge in [-0.3, -0.25) is 0 Å². The Morgan fingerprint density at radius 1 is 0.679 bits per heavy atom. The standard InChI is InChI=1S/C22H22O6/c1-25-19-9-3-17(4-10-19)7-13-21(23)27-15-16-28-22(24)14-8-18-5-11-20(26-2)12-6-18/h3-14H,15-16H2,1-2H3/b13-7+,14-8?. The Morgan fingerprint density at radius 2 is 1.04 bits per heavy atom. The molecule has 0 aliphatic rings. The molecule has 0 amide bonds. The SMILES string of the molecule is COc1ccc(C=CC(=O)OCCOC(=O)/C=C/c2ccc(OC)cc2)cc1. The van der Waals surface area contributed by atoms with Crippen molar-refractivity contribution in [2.24, 2.45) is 0 Å². The van der Waals surface area contributed by atoms with Crippen molar-refractivity contribution in [3.63, 3.8) is 0 Å². The molecule has 0 atom stereocenters. The summed E-state index contributed by atoms with van der Waals surface area (Å²) in [6.07, 6.45) is 5.89. The van der Waals surface area contributed by atoms with E-state index in [2.05, 4.69) is 0 Å². The summed E-state index contributed by atoms with van der Waals surface area (Å²) in [4.78, 5) is 23.3. The number of ether oxygens (including phenoxy) is 4. The van der Waals surface area contributed by atoms with Crippen molar-refractivity contribution in [1.29, 1.82) is 0 Å². The van der Waals surface area contributed by atoms with Crippen LogP contribution in [0.3, 0.4) is 0 Å². The van der Waals surface area contributed by atoms with Crippen molar-refractivity contribution >= 4 is 24.1 Å². The fourth-order valence-electron chi connectivity index (χ4n) is 2.14. The number of rotatable bonds is 9. The molecular formula is C22H22O6. The summed E-state index contributed by atoms with van der Waals surface area (Å²) in [6.45, 7) is -0.0399. The van der Waals surface area contributed by atoms with Gasteiger partial charge in [0.2, 0.25) is 0 Å². The molecule has 0 saturated heterocycles. The molecular weight excluding hydrogens is 360 g/mol. The van der Waals surface area contributed by atoms with Crippen LogP contribution < -0.4 is 9.47 Å². The Morgan fingerprint density at radius 3 is 1.36 bits per heavy atom. The van der Waals surface area contributed by atoms with Crippen LogP contribution in [0, 0.1) is 0 Å². The molecule has 0 radical (unpaired) electrons. The van der Waals surface area contributed by atoms with Crippen LogP contribution in [0.25, 0.3) is 12.2 Å². The van der Waals surface area contributed by atoms with Gasteiger partial charge in [-0.25, -0.2) is 9.59 Å². The lowest BCUT2D eigenvalue weighted by molar-refractivity contribution is -0.145. The first-order valence-electron chi connectivity index (χ1n) is 8.58. The fraction of sp³-hybridized carbons (Fsp3) is 0.182. The third-order valence-corrected chi connectivity index (χ3v) is 3.63. The van der Waals surface area contributed by atoms with E-state index in [0.29, 0.717) is 0 Å². The number of hydrogen-bond donors (Lipinski definition) is 0. The Kier molecular flexibility index (Phi) is 8.33. The van der Waals surface area contributed by atoms with Crippen molar-refractivity contribution < 1.29 is 28.5 Å². The average molecular weight is 382 g/mol. The largest absolute Gasteiger partial charge is 0.497 e. The molecule has 0 bridgehead atoms. The normalized spacial score (nSPS) is 10.8. The molecule has 6 heteroatoms. The smallest absolute Gasteiger partial charge is 0.330 e. The Balaban J connectivity index is 1.66.